The van der Waals surface area contributed by atoms with E-state index in [0.29, 0.717) is 31.2 Å². The maximum atomic E-state index is 12.4. The number of rotatable bonds is 17. The second kappa shape index (κ2) is 15.9. The number of carboxylic acids is 1. The van der Waals surface area contributed by atoms with E-state index in [4.69, 9.17) is 14.2 Å². The molecule has 0 aliphatic carbocycles. The van der Waals surface area contributed by atoms with Crippen LogP contribution in [-0.2, 0) is 30.3 Å². The van der Waals surface area contributed by atoms with Gasteiger partial charge in [-0.05, 0) is 50.3 Å². The van der Waals surface area contributed by atoms with Gasteiger partial charge >= 0.3 is 23.9 Å². The maximum absolute atomic E-state index is 12.4. The SMILES string of the molecule is CCCCC(=O)Oc1ccc(C[C@](NC(C)CC)(OC(=O)CCC)C(=O)O)cc1OC(=O)CCCC. The van der Waals surface area contributed by atoms with Crippen LogP contribution in [0.1, 0.15) is 98.0 Å². The summed E-state index contributed by atoms with van der Waals surface area (Å²) in [6.45, 7) is 9.38. The molecular formula is C27H41NO8. The van der Waals surface area contributed by atoms with Crippen molar-refractivity contribution < 1.29 is 38.5 Å². The highest BCUT2D eigenvalue weighted by Gasteiger charge is 2.44. The molecule has 0 radical (unpaired) electrons. The zero-order valence-electron chi connectivity index (χ0n) is 22.2. The van der Waals surface area contributed by atoms with Crippen LogP contribution < -0.4 is 14.8 Å². The standard InChI is InChI=1S/C27H41NO8/c1-6-10-13-23(29)34-21-16-15-20(17-22(21)35-24(30)14-11-7-2)18-27(26(32)33,28-19(5)9-4)36-25(31)12-8-3/h15-17,19,28H,6-14,18H2,1-5H3,(H,32,33)/t19?,27-/m0/s1. The van der Waals surface area contributed by atoms with Crippen molar-refractivity contribution in [2.24, 2.45) is 0 Å². The highest BCUT2D eigenvalue weighted by atomic mass is 16.6. The van der Waals surface area contributed by atoms with E-state index in [9.17, 15) is 24.3 Å². The van der Waals surface area contributed by atoms with Crippen molar-refractivity contribution in [2.75, 3.05) is 0 Å². The fourth-order valence-electron chi connectivity index (χ4n) is 3.35. The van der Waals surface area contributed by atoms with Crippen molar-refractivity contribution in [1.29, 1.82) is 0 Å². The maximum Gasteiger partial charge on any atom is 0.364 e. The van der Waals surface area contributed by atoms with Crippen LogP contribution in [0.3, 0.4) is 0 Å². The summed E-state index contributed by atoms with van der Waals surface area (Å²) in [5.74, 6) is -2.84. The molecule has 0 bridgehead atoms. The van der Waals surface area contributed by atoms with Gasteiger partial charge in [0, 0.05) is 31.7 Å². The average molecular weight is 508 g/mol. The molecule has 9 heteroatoms. The van der Waals surface area contributed by atoms with Crippen molar-refractivity contribution >= 4 is 23.9 Å². The Morgan fingerprint density at radius 1 is 0.861 bits per heavy atom. The summed E-state index contributed by atoms with van der Waals surface area (Å²) in [5, 5.41) is 13.1. The number of benzene rings is 1. The molecule has 0 aromatic heterocycles. The number of carbonyl (C=O) groups is 4. The Kier molecular flexibility index (Phi) is 13.8. The minimum Gasteiger partial charge on any atom is -0.477 e. The van der Waals surface area contributed by atoms with E-state index < -0.39 is 29.6 Å². The van der Waals surface area contributed by atoms with Crippen LogP contribution in [0.25, 0.3) is 0 Å². The Morgan fingerprint density at radius 3 is 1.94 bits per heavy atom. The van der Waals surface area contributed by atoms with Crippen LogP contribution in [0, 0.1) is 0 Å². The van der Waals surface area contributed by atoms with E-state index in [2.05, 4.69) is 5.32 Å². The first-order chi connectivity index (χ1) is 17.1. The summed E-state index contributed by atoms with van der Waals surface area (Å²) in [6.07, 6.45) is 4.29. The molecule has 0 amide bonds. The second-order valence-corrected chi connectivity index (χ2v) is 8.92. The van der Waals surface area contributed by atoms with Crippen molar-refractivity contribution in [3.8, 4) is 11.5 Å². The van der Waals surface area contributed by atoms with Gasteiger partial charge in [-0.15, -0.1) is 0 Å². The Morgan fingerprint density at radius 2 is 1.44 bits per heavy atom. The molecule has 2 N–H and O–H groups in total. The molecule has 0 saturated carbocycles. The number of hydrogen-bond donors (Lipinski definition) is 2. The van der Waals surface area contributed by atoms with Crippen LogP contribution in [0.2, 0.25) is 0 Å². The molecule has 9 nitrogen and oxygen atoms in total. The molecule has 0 spiro atoms. The van der Waals surface area contributed by atoms with Gasteiger partial charge in [-0.25, -0.2) is 4.79 Å². The first-order valence-electron chi connectivity index (χ1n) is 12.9. The number of nitrogens with one attached hydrogen (secondary N) is 1. The predicted molar refractivity (Wildman–Crippen MR) is 135 cm³/mol. The molecule has 0 fully saturated rings. The zero-order valence-corrected chi connectivity index (χ0v) is 22.2. The molecule has 1 aromatic rings. The van der Waals surface area contributed by atoms with E-state index in [0.717, 1.165) is 12.8 Å². The van der Waals surface area contributed by atoms with Crippen molar-refractivity contribution in [3.05, 3.63) is 23.8 Å². The lowest BCUT2D eigenvalue weighted by Crippen LogP contribution is -2.59. The lowest BCUT2D eigenvalue weighted by molar-refractivity contribution is -0.184. The molecule has 1 unspecified atom stereocenters. The van der Waals surface area contributed by atoms with Crippen LogP contribution in [0.15, 0.2) is 18.2 Å². The number of aliphatic carboxylic acids is 1. The normalized spacial score (nSPS) is 13.4. The Labute approximate surface area is 213 Å². The van der Waals surface area contributed by atoms with E-state index in [-0.39, 0.29) is 43.2 Å². The number of esters is 3. The molecule has 0 aliphatic heterocycles. The molecule has 1 rings (SSSR count). The summed E-state index contributed by atoms with van der Waals surface area (Å²) >= 11 is 0. The first-order valence-corrected chi connectivity index (χ1v) is 12.9. The van der Waals surface area contributed by atoms with Crippen LogP contribution in [-0.4, -0.2) is 40.8 Å². The summed E-state index contributed by atoms with van der Waals surface area (Å²) in [4.78, 5) is 49.3. The topological polar surface area (TPSA) is 128 Å². The molecular weight excluding hydrogens is 466 g/mol. The summed E-state index contributed by atoms with van der Waals surface area (Å²) in [6, 6.07) is 4.22. The van der Waals surface area contributed by atoms with E-state index in [1.807, 2.05) is 20.8 Å². The van der Waals surface area contributed by atoms with Crippen molar-refractivity contribution in [3.63, 3.8) is 0 Å². The van der Waals surface area contributed by atoms with Crippen LogP contribution in [0.4, 0.5) is 0 Å². The zero-order chi connectivity index (χ0) is 27.1. The summed E-state index contributed by atoms with van der Waals surface area (Å²) < 4.78 is 16.4. The smallest absolute Gasteiger partial charge is 0.364 e. The van der Waals surface area contributed by atoms with Crippen molar-refractivity contribution in [1.82, 2.24) is 5.32 Å². The van der Waals surface area contributed by atoms with E-state index in [1.165, 1.54) is 12.1 Å². The minimum atomic E-state index is -2.02. The predicted octanol–water partition coefficient (Wildman–Crippen LogP) is 4.93. The monoisotopic (exact) mass is 507 g/mol. The number of ether oxygens (including phenoxy) is 3. The molecule has 2 atom stereocenters. The molecule has 1 aromatic carbocycles. The second-order valence-electron chi connectivity index (χ2n) is 8.92. The molecule has 0 saturated heterocycles. The highest BCUT2D eigenvalue weighted by molar-refractivity contribution is 5.82. The van der Waals surface area contributed by atoms with Gasteiger partial charge < -0.3 is 19.3 Å². The average Bonchev–Trinajstić information content (AvgIpc) is 2.82. The van der Waals surface area contributed by atoms with Crippen molar-refractivity contribution in [2.45, 2.75) is 111 Å². The molecule has 0 aliphatic rings. The fraction of sp³-hybridized carbons (Fsp3) is 0.630. The molecule has 36 heavy (non-hydrogen) atoms. The number of hydrogen-bond acceptors (Lipinski definition) is 8. The van der Waals surface area contributed by atoms with Gasteiger partial charge in [0.05, 0.1) is 0 Å². The Hall–Kier alpha value is -2.94. The van der Waals surface area contributed by atoms with Gasteiger partial charge in [-0.1, -0.05) is 46.6 Å². The minimum absolute atomic E-state index is 0.0150. The third-order valence-corrected chi connectivity index (χ3v) is 5.56. The largest absolute Gasteiger partial charge is 0.477 e. The third-order valence-electron chi connectivity index (χ3n) is 5.56. The van der Waals surface area contributed by atoms with Crippen LogP contribution >= 0.6 is 0 Å². The summed E-state index contributed by atoms with van der Waals surface area (Å²) in [5.41, 5.74) is -1.60. The van der Waals surface area contributed by atoms with Gasteiger partial charge in [0.15, 0.2) is 11.5 Å². The van der Waals surface area contributed by atoms with Gasteiger partial charge in [0.1, 0.15) is 0 Å². The fourth-order valence-corrected chi connectivity index (χ4v) is 3.35. The third kappa shape index (κ3) is 10.4. The van der Waals surface area contributed by atoms with Crippen LogP contribution in [0.5, 0.6) is 11.5 Å². The lowest BCUT2D eigenvalue weighted by atomic mass is 10.00. The number of unbranched alkanes of at least 4 members (excludes halogenated alkanes) is 2. The van der Waals surface area contributed by atoms with Gasteiger partial charge in [0.25, 0.3) is 5.72 Å². The van der Waals surface area contributed by atoms with Gasteiger partial charge in [-0.3, -0.25) is 19.7 Å². The first kappa shape index (κ1) is 31.1. The number of carbonyl (C=O) groups excluding carboxylic acids is 3. The molecule has 202 valence electrons. The number of carboxylic acid groups (broad SMARTS) is 1. The van der Waals surface area contributed by atoms with Gasteiger partial charge in [0.2, 0.25) is 0 Å². The van der Waals surface area contributed by atoms with E-state index in [1.54, 1.807) is 19.9 Å². The highest BCUT2D eigenvalue weighted by Crippen LogP contribution is 2.32. The quantitative estimate of drug-likeness (QED) is 0.171. The summed E-state index contributed by atoms with van der Waals surface area (Å²) in [7, 11) is 0. The molecule has 0 heterocycles. The van der Waals surface area contributed by atoms with Gasteiger partial charge in [-0.2, -0.15) is 0 Å². The Bertz CT molecular complexity index is 885. The lowest BCUT2D eigenvalue weighted by Gasteiger charge is -2.33. The van der Waals surface area contributed by atoms with E-state index >= 15 is 0 Å². The Balaban J connectivity index is 3.38.